The molecule has 0 aromatic rings. The van der Waals surface area contributed by atoms with Crippen LogP contribution in [0.1, 0.15) is 34.1 Å². The summed E-state index contributed by atoms with van der Waals surface area (Å²) in [6.45, 7) is 7.41. The fourth-order valence-electron chi connectivity index (χ4n) is 7.64. The summed E-state index contributed by atoms with van der Waals surface area (Å²) in [4.78, 5) is 38.0. The Kier molecular flexibility index (Phi) is 2.79. The van der Waals surface area contributed by atoms with Crippen LogP contribution in [-0.4, -0.2) is 64.4 Å². The molecular weight excluding hydrogens is 384 g/mol. The summed E-state index contributed by atoms with van der Waals surface area (Å²) in [7, 11) is 0. The van der Waals surface area contributed by atoms with Gasteiger partial charge in [0.2, 0.25) is 11.9 Å². The Labute approximate surface area is 165 Å². The van der Waals surface area contributed by atoms with E-state index in [2.05, 4.69) is 0 Å². The molecule has 2 N–H and O–H groups in total. The molecule has 9 nitrogen and oxygen atoms in total. The minimum absolute atomic E-state index is 0.179. The van der Waals surface area contributed by atoms with Gasteiger partial charge >= 0.3 is 17.9 Å². The molecule has 156 valence electrons. The number of carbonyl (C=O) groups excluding carboxylic acids is 3. The minimum Gasteiger partial charge on any atom is -0.459 e. The van der Waals surface area contributed by atoms with Gasteiger partial charge in [-0.05, 0) is 24.7 Å². The van der Waals surface area contributed by atoms with E-state index in [1.54, 1.807) is 0 Å². The van der Waals surface area contributed by atoms with Crippen molar-refractivity contribution in [3.8, 4) is 0 Å². The normalized spacial score (nSPS) is 54.2. The molecule has 2 aliphatic carbocycles. The summed E-state index contributed by atoms with van der Waals surface area (Å²) >= 11 is 0. The van der Waals surface area contributed by atoms with E-state index in [-0.39, 0.29) is 17.1 Å². The molecule has 0 bridgehead atoms. The average Bonchev–Trinajstić information content (AvgIpc) is 3.34. The largest absolute Gasteiger partial charge is 0.459 e. The van der Waals surface area contributed by atoms with E-state index in [9.17, 15) is 24.6 Å². The SMILES string of the molecule is CC1=C2[C@@H](OC1=O)[C@H](O)[C@@]13[C@H]4C[C@@H](C(C)(C)C)[C@]15[C@@H](OC(=O)[C@@H]5O)O[C@]23C(=O)O4. The van der Waals surface area contributed by atoms with Gasteiger partial charge in [-0.1, -0.05) is 20.8 Å². The van der Waals surface area contributed by atoms with Crippen molar-refractivity contribution in [2.45, 2.75) is 70.4 Å². The molecule has 2 spiro atoms. The van der Waals surface area contributed by atoms with Gasteiger partial charge in [0, 0.05) is 11.1 Å². The third-order valence-corrected chi connectivity index (χ3v) is 8.35. The number of hydrogen-bond acceptors (Lipinski definition) is 9. The highest BCUT2D eigenvalue weighted by Crippen LogP contribution is 2.83. The molecule has 0 aromatic carbocycles. The van der Waals surface area contributed by atoms with E-state index in [1.165, 1.54) is 6.92 Å². The number of aliphatic hydroxyl groups excluding tert-OH is 2. The topological polar surface area (TPSA) is 129 Å². The molecule has 6 aliphatic rings. The second-order valence-corrected chi connectivity index (χ2v) is 10.1. The number of esters is 3. The average molecular weight is 406 g/mol. The highest BCUT2D eigenvalue weighted by molar-refractivity contribution is 6.00. The molecule has 0 radical (unpaired) electrons. The van der Waals surface area contributed by atoms with Crippen LogP contribution in [0.5, 0.6) is 0 Å². The first-order valence-electron chi connectivity index (χ1n) is 9.85. The third kappa shape index (κ3) is 1.36. The van der Waals surface area contributed by atoms with Crippen molar-refractivity contribution in [2.24, 2.45) is 22.2 Å². The molecule has 0 unspecified atom stereocenters. The standard InChI is InChI=1S/C20H22O9/c1-6-9-10(27-13(6)23)11(21)19-8-5-7(17(2,3)4)18(19)12(22)14(24)28-16(18)29-20(9,19)15(25)26-8/h7-8,10-12,16,21-22H,5H2,1-4H3/t7-,8+,10+,11-,12-,16-,18-,19-,20-/m0/s1. The van der Waals surface area contributed by atoms with Crippen LogP contribution in [0.3, 0.4) is 0 Å². The van der Waals surface area contributed by atoms with Gasteiger partial charge in [0.1, 0.15) is 12.2 Å². The van der Waals surface area contributed by atoms with Gasteiger partial charge in [0.25, 0.3) is 0 Å². The summed E-state index contributed by atoms with van der Waals surface area (Å²) in [5.74, 6) is -2.59. The maximum atomic E-state index is 13.3. The first-order chi connectivity index (χ1) is 13.5. The molecule has 0 aromatic heterocycles. The molecule has 29 heavy (non-hydrogen) atoms. The van der Waals surface area contributed by atoms with Gasteiger partial charge in [-0.2, -0.15) is 0 Å². The first kappa shape index (κ1) is 17.9. The van der Waals surface area contributed by atoms with Crippen molar-refractivity contribution < 1.29 is 43.5 Å². The fraction of sp³-hybridized carbons (Fsp3) is 0.750. The van der Waals surface area contributed by atoms with Crippen LogP contribution in [0.4, 0.5) is 0 Å². The highest BCUT2D eigenvalue weighted by atomic mass is 16.7. The number of fused-ring (bicyclic) bond motifs is 1. The zero-order valence-corrected chi connectivity index (χ0v) is 16.4. The molecule has 2 saturated carbocycles. The summed E-state index contributed by atoms with van der Waals surface area (Å²) < 4.78 is 22.8. The van der Waals surface area contributed by atoms with Crippen LogP contribution in [0.2, 0.25) is 0 Å². The lowest BCUT2D eigenvalue weighted by atomic mass is 9.51. The minimum atomic E-state index is -1.83. The first-order valence-corrected chi connectivity index (χ1v) is 9.85. The second-order valence-electron chi connectivity index (χ2n) is 10.1. The summed E-state index contributed by atoms with van der Waals surface area (Å²) in [6, 6.07) is 0. The number of ether oxygens (including phenoxy) is 4. The lowest BCUT2D eigenvalue weighted by Crippen LogP contribution is -2.62. The van der Waals surface area contributed by atoms with Crippen molar-refractivity contribution >= 4 is 17.9 Å². The van der Waals surface area contributed by atoms with E-state index < -0.39 is 70.5 Å². The molecule has 4 aliphatic heterocycles. The molecule has 6 rings (SSSR count). The lowest BCUT2D eigenvalue weighted by molar-refractivity contribution is -0.193. The molecule has 9 atom stereocenters. The predicted octanol–water partition coefficient (Wildman–Crippen LogP) is -0.420. The lowest BCUT2D eigenvalue weighted by Gasteiger charge is -2.47. The molecule has 5 fully saturated rings. The molecule has 4 heterocycles. The molecule has 0 amide bonds. The Balaban J connectivity index is 1.73. The van der Waals surface area contributed by atoms with E-state index in [0.717, 1.165) is 0 Å². The van der Waals surface area contributed by atoms with Gasteiger partial charge in [-0.15, -0.1) is 0 Å². The highest BCUT2D eigenvalue weighted by Gasteiger charge is 2.99. The van der Waals surface area contributed by atoms with Gasteiger partial charge < -0.3 is 29.2 Å². The van der Waals surface area contributed by atoms with Crippen LogP contribution < -0.4 is 0 Å². The fourth-order valence-corrected chi connectivity index (χ4v) is 7.64. The Morgan fingerprint density at radius 3 is 2.41 bits per heavy atom. The van der Waals surface area contributed by atoms with Crippen molar-refractivity contribution in [3.05, 3.63) is 11.1 Å². The van der Waals surface area contributed by atoms with Crippen LogP contribution in [0.15, 0.2) is 11.1 Å². The van der Waals surface area contributed by atoms with Crippen molar-refractivity contribution in [1.82, 2.24) is 0 Å². The Hall–Kier alpha value is -1.97. The third-order valence-electron chi connectivity index (χ3n) is 8.35. The predicted molar refractivity (Wildman–Crippen MR) is 90.6 cm³/mol. The van der Waals surface area contributed by atoms with E-state index in [4.69, 9.17) is 18.9 Å². The molecule has 3 saturated heterocycles. The van der Waals surface area contributed by atoms with Crippen LogP contribution in [0, 0.1) is 22.2 Å². The quantitative estimate of drug-likeness (QED) is 0.407. The monoisotopic (exact) mass is 406 g/mol. The maximum absolute atomic E-state index is 13.3. The summed E-state index contributed by atoms with van der Waals surface area (Å²) in [5.41, 5.74) is -4.76. The van der Waals surface area contributed by atoms with E-state index >= 15 is 0 Å². The van der Waals surface area contributed by atoms with Crippen LogP contribution in [0.25, 0.3) is 0 Å². The number of aliphatic hydroxyl groups is 2. The zero-order valence-electron chi connectivity index (χ0n) is 16.4. The van der Waals surface area contributed by atoms with Gasteiger partial charge in [0.15, 0.2) is 12.2 Å². The molecule has 9 heteroatoms. The van der Waals surface area contributed by atoms with Crippen molar-refractivity contribution in [1.29, 1.82) is 0 Å². The van der Waals surface area contributed by atoms with E-state index in [0.29, 0.717) is 6.42 Å². The van der Waals surface area contributed by atoms with Crippen molar-refractivity contribution in [2.75, 3.05) is 0 Å². The Morgan fingerprint density at radius 2 is 1.76 bits per heavy atom. The zero-order chi connectivity index (χ0) is 20.9. The number of hydrogen-bond donors (Lipinski definition) is 2. The van der Waals surface area contributed by atoms with Gasteiger partial charge in [-0.25, -0.2) is 14.4 Å². The van der Waals surface area contributed by atoms with Gasteiger partial charge in [0.05, 0.1) is 10.8 Å². The second kappa shape index (κ2) is 4.53. The van der Waals surface area contributed by atoms with Gasteiger partial charge in [-0.3, -0.25) is 0 Å². The smallest absolute Gasteiger partial charge is 0.344 e. The Morgan fingerprint density at radius 1 is 1.07 bits per heavy atom. The summed E-state index contributed by atoms with van der Waals surface area (Å²) in [6.07, 6.45) is -5.81. The van der Waals surface area contributed by atoms with Crippen LogP contribution in [-0.2, 0) is 33.3 Å². The van der Waals surface area contributed by atoms with Crippen LogP contribution >= 0.6 is 0 Å². The number of rotatable bonds is 0. The molecular formula is C20H22O9. The van der Waals surface area contributed by atoms with Crippen molar-refractivity contribution in [3.63, 3.8) is 0 Å². The maximum Gasteiger partial charge on any atom is 0.344 e. The number of carbonyl (C=O) groups is 3. The Bertz CT molecular complexity index is 946. The van der Waals surface area contributed by atoms with E-state index in [1.807, 2.05) is 20.8 Å². The summed E-state index contributed by atoms with van der Waals surface area (Å²) in [5, 5.41) is 22.8.